The Balaban J connectivity index is 1.47. The van der Waals surface area contributed by atoms with Crippen LogP contribution in [0.4, 0.5) is 5.13 Å². The van der Waals surface area contributed by atoms with Crippen LogP contribution in [0, 0.1) is 0 Å². The Morgan fingerprint density at radius 1 is 1.03 bits per heavy atom. The second kappa shape index (κ2) is 10.1. The molecule has 3 rings (SSSR count). The van der Waals surface area contributed by atoms with Gasteiger partial charge < -0.3 is 10.6 Å². The van der Waals surface area contributed by atoms with Crippen LogP contribution in [0.25, 0.3) is 11.3 Å². The van der Waals surface area contributed by atoms with E-state index in [1.165, 1.54) is 29.6 Å². The Labute approximate surface area is 177 Å². The standard InChI is InChI=1S/C21H21N3O3S2/c1-14(25)22-12-15-7-9-16(10-8-15)17-13-29-21(23-17)24-20(27)6-2-4-18(26)19-5-3-11-28-19/h3,5,7-11,13H,2,4,6,12H2,1H3,(H,22,25)(H,23,24,27). The van der Waals surface area contributed by atoms with Crippen molar-refractivity contribution in [2.45, 2.75) is 32.7 Å². The van der Waals surface area contributed by atoms with Crippen LogP contribution in [0.5, 0.6) is 0 Å². The minimum Gasteiger partial charge on any atom is -0.352 e. The summed E-state index contributed by atoms with van der Waals surface area (Å²) < 4.78 is 0. The molecular formula is C21H21N3O3S2. The molecule has 0 fully saturated rings. The molecule has 0 saturated carbocycles. The van der Waals surface area contributed by atoms with Gasteiger partial charge in [-0.25, -0.2) is 4.98 Å². The summed E-state index contributed by atoms with van der Waals surface area (Å²) in [5.74, 6) is -0.133. The van der Waals surface area contributed by atoms with Crippen molar-refractivity contribution < 1.29 is 14.4 Å². The van der Waals surface area contributed by atoms with Crippen LogP contribution in [0.3, 0.4) is 0 Å². The van der Waals surface area contributed by atoms with Crippen molar-refractivity contribution in [3.8, 4) is 11.3 Å². The summed E-state index contributed by atoms with van der Waals surface area (Å²) in [7, 11) is 0. The van der Waals surface area contributed by atoms with E-state index in [9.17, 15) is 14.4 Å². The molecule has 6 nitrogen and oxygen atoms in total. The lowest BCUT2D eigenvalue weighted by Gasteiger charge is -2.03. The van der Waals surface area contributed by atoms with Gasteiger partial charge in [0.1, 0.15) is 0 Å². The summed E-state index contributed by atoms with van der Waals surface area (Å²) in [5, 5.41) is 9.85. The van der Waals surface area contributed by atoms with Gasteiger partial charge in [-0.15, -0.1) is 22.7 Å². The molecular weight excluding hydrogens is 406 g/mol. The van der Waals surface area contributed by atoms with E-state index >= 15 is 0 Å². The van der Waals surface area contributed by atoms with E-state index in [4.69, 9.17) is 0 Å². The molecule has 0 saturated heterocycles. The molecule has 0 unspecified atom stereocenters. The monoisotopic (exact) mass is 427 g/mol. The van der Waals surface area contributed by atoms with E-state index in [-0.39, 0.29) is 24.0 Å². The number of nitrogens with one attached hydrogen (secondary N) is 2. The average Bonchev–Trinajstić information content (AvgIpc) is 3.39. The highest BCUT2D eigenvalue weighted by molar-refractivity contribution is 7.14. The lowest BCUT2D eigenvalue weighted by molar-refractivity contribution is -0.119. The quantitative estimate of drug-likeness (QED) is 0.492. The van der Waals surface area contributed by atoms with Crippen molar-refractivity contribution in [3.05, 3.63) is 57.6 Å². The van der Waals surface area contributed by atoms with Gasteiger partial charge in [0.2, 0.25) is 11.8 Å². The number of ketones is 1. The molecule has 1 aromatic carbocycles. The molecule has 0 aliphatic heterocycles. The highest BCUT2D eigenvalue weighted by Crippen LogP contribution is 2.25. The summed E-state index contributed by atoms with van der Waals surface area (Å²) >= 11 is 2.78. The van der Waals surface area contributed by atoms with Crippen molar-refractivity contribution in [2.75, 3.05) is 5.32 Å². The summed E-state index contributed by atoms with van der Waals surface area (Å²) in [6, 6.07) is 11.4. The predicted molar refractivity (Wildman–Crippen MR) is 116 cm³/mol. The largest absolute Gasteiger partial charge is 0.352 e. The van der Waals surface area contributed by atoms with Crippen LogP contribution in [0.15, 0.2) is 47.2 Å². The van der Waals surface area contributed by atoms with Gasteiger partial charge in [-0.05, 0) is 23.4 Å². The Kier molecular flexibility index (Phi) is 7.26. The van der Waals surface area contributed by atoms with Crippen molar-refractivity contribution >= 4 is 45.4 Å². The molecule has 0 aliphatic carbocycles. The molecule has 2 N–H and O–H groups in total. The van der Waals surface area contributed by atoms with E-state index < -0.39 is 0 Å². The number of carbonyl (C=O) groups is 3. The van der Waals surface area contributed by atoms with Crippen LogP contribution in [-0.2, 0) is 16.1 Å². The number of hydrogen-bond donors (Lipinski definition) is 2. The fourth-order valence-electron chi connectivity index (χ4n) is 2.64. The summed E-state index contributed by atoms with van der Waals surface area (Å²) in [5.41, 5.74) is 2.73. The number of Topliss-reactive ketones (excluding diaryl/α,β-unsaturated/α-hetero) is 1. The molecule has 2 amide bonds. The molecule has 3 aromatic rings. The molecule has 0 atom stereocenters. The van der Waals surface area contributed by atoms with E-state index in [1.807, 2.05) is 41.1 Å². The van der Waals surface area contributed by atoms with Gasteiger partial charge in [-0.3, -0.25) is 14.4 Å². The number of nitrogens with zero attached hydrogens (tertiary/aromatic N) is 1. The number of aromatic nitrogens is 1. The molecule has 29 heavy (non-hydrogen) atoms. The van der Waals surface area contributed by atoms with Crippen LogP contribution >= 0.6 is 22.7 Å². The summed E-state index contributed by atoms with van der Waals surface area (Å²) in [6.45, 7) is 1.98. The van der Waals surface area contributed by atoms with E-state index in [0.29, 0.717) is 24.5 Å². The smallest absolute Gasteiger partial charge is 0.226 e. The fourth-order valence-corrected chi connectivity index (χ4v) is 4.07. The first-order valence-electron chi connectivity index (χ1n) is 9.17. The second-order valence-electron chi connectivity index (χ2n) is 6.45. The number of anilines is 1. The summed E-state index contributed by atoms with van der Waals surface area (Å²) in [6.07, 6.45) is 1.16. The van der Waals surface area contributed by atoms with Crippen LogP contribution in [0.2, 0.25) is 0 Å². The van der Waals surface area contributed by atoms with E-state index in [0.717, 1.165) is 21.7 Å². The topological polar surface area (TPSA) is 88.2 Å². The Hall–Kier alpha value is -2.84. The lowest BCUT2D eigenvalue weighted by atomic mass is 10.1. The third kappa shape index (κ3) is 6.33. The zero-order chi connectivity index (χ0) is 20.6. The molecule has 8 heteroatoms. The average molecular weight is 428 g/mol. The molecule has 0 spiro atoms. The van der Waals surface area contributed by atoms with E-state index in [1.54, 1.807) is 6.07 Å². The zero-order valence-electron chi connectivity index (χ0n) is 15.9. The lowest BCUT2D eigenvalue weighted by Crippen LogP contribution is -2.18. The third-order valence-corrected chi connectivity index (χ3v) is 5.81. The van der Waals surface area contributed by atoms with Gasteiger partial charge >= 0.3 is 0 Å². The number of rotatable bonds is 9. The van der Waals surface area contributed by atoms with Crippen LogP contribution < -0.4 is 10.6 Å². The maximum absolute atomic E-state index is 12.1. The molecule has 2 heterocycles. The molecule has 150 valence electrons. The number of thiazole rings is 1. The highest BCUT2D eigenvalue weighted by Gasteiger charge is 2.11. The number of hydrogen-bond acceptors (Lipinski definition) is 6. The normalized spacial score (nSPS) is 10.5. The first kappa shape index (κ1) is 20.9. The van der Waals surface area contributed by atoms with Gasteiger partial charge in [0, 0.05) is 37.3 Å². The van der Waals surface area contributed by atoms with Crippen molar-refractivity contribution in [1.29, 1.82) is 0 Å². The second-order valence-corrected chi connectivity index (χ2v) is 8.25. The van der Waals surface area contributed by atoms with Gasteiger partial charge in [-0.2, -0.15) is 0 Å². The van der Waals surface area contributed by atoms with Gasteiger partial charge in [0.15, 0.2) is 10.9 Å². The number of amides is 2. The third-order valence-electron chi connectivity index (χ3n) is 4.15. The van der Waals surface area contributed by atoms with Gasteiger partial charge in [0.05, 0.1) is 10.6 Å². The zero-order valence-corrected chi connectivity index (χ0v) is 17.6. The SMILES string of the molecule is CC(=O)NCc1ccc(-c2csc(NC(=O)CCCC(=O)c3cccs3)n2)cc1. The van der Waals surface area contributed by atoms with E-state index in [2.05, 4.69) is 15.6 Å². The van der Waals surface area contributed by atoms with Crippen molar-refractivity contribution in [2.24, 2.45) is 0 Å². The first-order chi connectivity index (χ1) is 14.0. The number of benzene rings is 1. The van der Waals surface area contributed by atoms with Gasteiger partial charge in [-0.1, -0.05) is 30.3 Å². The summed E-state index contributed by atoms with van der Waals surface area (Å²) in [4.78, 5) is 40.2. The Bertz CT molecular complexity index is 979. The molecule has 2 aromatic heterocycles. The highest BCUT2D eigenvalue weighted by atomic mass is 32.1. The first-order valence-corrected chi connectivity index (χ1v) is 10.9. The number of carbonyl (C=O) groups excluding carboxylic acids is 3. The fraction of sp³-hybridized carbons (Fsp3) is 0.238. The van der Waals surface area contributed by atoms with Crippen LogP contribution in [0.1, 0.15) is 41.4 Å². The molecule has 0 radical (unpaired) electrons. The molecule has 0 aliphatic rings. The Morgan fingerprint density at radius 2 is 1.83 bits per heavy atom. The van der Waals surface area contributed by atoms with Gasteiger partial charge in [0.25, 0.3) is 0 Å². The predicted octanol–water partition coefficient (Wildman–Crippen LogP) is 4.50. The number of thiophene rings is 1. The minimum atomic E-state index is -0.143. The Morgan fingerprint density at radius 3 is 2.52 bits per heavy atom. The van der Waals surface area contributed by atoms with Crippen molar-refractivity contribution in [3.63, 3.8) is 0 Å². The maximum Gasteiger partial charge on any atom is 0.226 e. The molecule has 0 bridgehead atoms. The maximum atomic E-state index is 12.1. The van der Waals surface area contributed by atoms with Crippen LogP contribution in [-0.4, -0.2) is 22.6 Å². The van der Waals surface area contributed by atoms with Crippen molar-refractivity contribution in [1.82, 2.24) is 10.3 Å². The minimum absolute atomic E-state index is 0.0650.